The molecule has 7 heteroatoms. The van der Waals surface area contributed by atoms with Crippen LogP contribution in [-0.4, -0.2) is 19.2 Å². The van der Waals surface area contributed by atoms with Crippen molar-refractivity contribution in [3.63, 3.8) is 0 Å². The van der Waals surface area contributed by atoms with Gasteiger partial charge in [0.1, 0.15) is 10.7 Å². The Hall–Kier alpha value is -1.92. The molecule has 0 saturated carbocycles. The fraction of sp³-hybridized carbons (Fsp3) is 0.0769. The molecule has 1 aliphatic rings. The summed E-state index contributed by atoms with van der Waals surface area (Å²) in [4.78, 5) is 5.72. The Morgan fingerprint density at radius 3 is 2.55 bits per heavy atom. The van der Waals surface area contributed by atoms with E-state index in [4.69, 9.17) is 11.6 Å². The van der Waals surface area contributed by atoms with Crippen LogP contribution in [0.2, 0.25) is 5.02 Å². The summed E-state index contributed by atoms with van der Waals surface area (Å²) in [5.74, 6) is 0.381. The maximum absolute atomic E-state index is 12.0. The molecule has 1 aliphatic heterocycles. The van der Waals surface area contributed by atoms with Gasteiger partial charge in [-0.05, 0) is 37.3 Å². The highest BCUT2D eigenvalue weighted by atomic mass is 35.5. The Morgan fingerprint density at radius 1 is 1.15 bits per heavy atom. The second kappa shape index (κ2) is 4.57. The Bertz CT molecular complexity index is 801. The average Bonchev–Trinajstić information content (AvgIpc) is 2.40. The highest BCUT2D eigenvalue weighted by molar-refractivity contribution is 7.90. The highest BCUT2D eigenvalue weighted by Crippen LogP contribution is 2.36. The van der Waals surface area contributed by atoms with Crippen LogP contribution in [0.5, 0.6) is 0 Å². The third-order valence-corrected chi connectivity index (χ3v) is 4.57. The SMILES string of the molecule is CC1=NS(=O)(=O)c2cnccc2N1c1ccc(Cl)cc1. The van der Waals surface area contributed by atoms with Crippen molar-refractivity contribution in [1.29, 1.82) is 0 Å². The first-order valence-electron chi connectivity index (χ1n) is 5.80. The molecule has 0 atom stereocenters. The fourth-order valence-electron chi connectivity index (χ4n) is 2.11. The molecule has 0 bridgehead atoms. The van der Waals surface area contributed by atoms with Gasteiger partial charge in [0, 0.05) is 23.1 Å². The first kappa shape index (κ1) is 13.1. The summed E-state index contributed by atoms with van der Waals surface area (Å²) in [5.41, 5.74) is 1.33. The predicted molar refractivity (Wildman–Crippen MR) is 78.1 cm³/mol. The van der Waals surface area contributed by atoms with Gasteiger partial charge in [-0.25, -0.2) is 0 Å². The normalized spacial score (nSPS) is 16.5. The molecule has 0 N–H and O–H groups in total. The number of hydrogen-bond donors (Lipinski definition) is 0. The summed E-state index contributed by atoms with van der Waals surface area (Å²) in [5, 5.41) is 0.614. The summed E-state index contributed by atoms with van der Waals surface area (Å²) in [6.07, 6.45) is 2.86. The number of hydrogen-bond acceptors (Lipinski definition) is 4. The molecular formula is C13H10ClN3O2S. The number of sulfonamides is 1. The first-order valence-corrected chi connectivity index (χ1v) is 7.62. The molecule has 2 heterocycles. The standard InChI is InChI=1S/C13H10ClN3O2S/c1-9-16-20(18,19)13-8-15-7-6-12(13)17(9)11-4-2-10(14)3-5-11/h2-8H,1H3. The number of aromatic nitrogens is 1. The molecule has 5 nitrogen and oxygen atoms in total. The summed E-state index contributed by atoms with van der Waals surface area (Å²) >= 11 is 5.88. The quantitative estimate of drug-likeness (QED) is 0.812. The van der Waals surface area contributed by atoms with E-state index in [9.17, 15) is 8.42 Å². The van der Waals surface area contributed by atoms with Crippen LogP contribution in [0.4, 0.5) is 11.4 Å². The number of pyridine rings is 1. The molecule has 1 aromatic heterocycles. The smallest absolute Gasteiger partial charge is 0.287 e. The maximum Gasteiger partial charge on any atom is 0.287 e. The summed E-state index contributed by atoms with van der Waals surface area (Å²) in [6.45, 7) is 1.65. The zero-order valence-corrected chi connectivity index (χ0v) is 12.1. The molecule has 2 aromatic rings. The largest absolute Gasteiger partial charge is 0.297 e. The molecule has 20 heavy (non-hydrogen) atoms. The van der Waals surface area contributed by atoms with E-state index in [0.29, 0.717) is 16.5 Å². The lowest BCUT2D eigenvalue weighted by Crippen LogP contribution is -2.29. The average molecular weight is 308 g/mol. The van der Waals surface area contributed by atoms with Crippen molar-refractivity contribution in [3.8, 4) is 0 Å². The van der Waals surface area contributed by atoms with Crippen LogP contribution in [0.15, 0.2) is 52.0 Å². The van der Waals surface area contributed by atoms with Crippen molar-refractivity contribution in [2.24, 2.45) is 4.40 Å². The lowest BCUT2D eigenvalue weighted by atomic mass is 10.2. The van der Waals surface area contributed by atoms with Gasteiger partial charge in [-0.1, -0.05) is 11.6 Å². The maximum atomic E-state index is 12.0. The second-order valence-corrected chi connectivity index (χ2v) is 6.28. The molecule has 0 fully saturated rings. The molecule has 0 amide bonds. The molecule has 0 radical (unpaired) electrons. The van der Waals surface area contributed by atoms with E-state index in [2.05, 4.69) is 9.38 Å². The van der Waals surface area contributed by atoms with Gasteiger partial charge in [-0.2, -0.15) is 8.42 Å². The Balaban J connectivity index is 2.24. The van der Waals surface area contributed by atoms with E-state index in [1.807, 2.05) is 12.1 Å². The molecular weight excluding hydrogens is 298 g/mol. The fourth-order valence-corrected chi connectivity index (χ4v) is 3.38. The van der Waals surface area contributed by atoms with Crippen molar-refractivity contribution in [3.05, 3.63) is 47.7 Å². The van der Waals surface area contributed by atoms with Gasteiger partial charge in [0.05, 0.1) is 5.69 Å². The van der Waals surface area contributed by atoms with E-state index in [-0.39, 0.29) is 4.90 Å². The number of nitrogens with zero attached hydrogens (tertiary/aromatic N) is 3. The lowest BCUT2D eigenvalue weighted by molar-refractivity contribution is 0.597. The van der Waals surface area contributed by atoms with E-state index >= 15 is 0 Å². The van der Waals surface area contributed by atoms with Crippen molar-refractivity contribution >= 4 is 38.8 Å². The molecule has 0 aliphatic carbocycles. The number of anilines is 2. The highest BCUT2D eigenvalue weighted by Gasteiger charge is 2.29. The van der Waals surface area contributed by atoms with Crippen LogP contribution in [0.1, 0.15) is 6.92 Å². The predicted octanol–water partition coefficient (Wildman–Crippen LogP) is 2.99. The number of halogens is 1. The van der Waals surface area contributed by atoms with Crippen LogP contribution in [0, 0.1) is 0 Å². The van der Waals surface area contributed by atoms with Crippen molar-refractivity contribution < 1.29 is 8.42 Å². The number of benzene rings is 1. The Morgan fingerprint density at radius 2 is 1.85 bits per heavy atom. The molecule has 0 saturated heterocycles. The first-order chi connectivity index (χ1) is 9.49. The van der Waals surface area contributed by atoms with E-state index in [1.165, 1.54) is 6.20 Å². The molecule has 1 aromatic carbocycles. The van der Waals surface area contributed by atoms with Gasteiger partial charge in [-0.3, -0.25) is 9.88 Å². The molecule has 102 valence electrons. The van der Waals surface area contributed by atoms with E-state index in [0.717, 1.165) is 5.69 Å². The summed E-state index contributed by atoms with van der Waals surface area (Å²) in [7, 11) is -3.68. The van der Waals surface area contributed by atoms with Crippen molar-refractivity contribution in [2.45, 2.75) is 11.8 Å². The lowest BCUT2D eigenvalue weighted by Gasteiger charge is -2.28. The van der Waals surface area contributed by atoms with Crippen molar-refractivity contribution in [2.75, 3.05) is 4.90 Å². The second-order valence-electron chi connectivity index (χ2n) is 4.27. The van der Waals surface area contributed by atoms with E-state index in [1.54, 1.807) is 36.2 Å². The zero-order chi connectivity index (χ0) is 14.3. The minimum atomic E-state index is -3.68. The summed E-state index contributed by atoms with van der Waals surface area (Å²) in [6, 6.07) is 8.76. The van der Waals surface area contributed by atoms with Gasteiger partial charge < -0.3 is 0 Å². The van der Waals surface area contributed by atoms with Gasteiger partial charge in [0.15, 0.2) is 0 Å². The third kappa shape index (κ3) is 2.07. The van der Waals surface area contributed by atoms with Crippen LogP contribution in [0.25, 0.3) is 0 Å². The third-order valence-electron chi connectivity index (χ3n) is 2.94. The van der Waals surface area contributed by atoms with E-state index < -0.39 is 10.0 Å². The molecule has 3 rings (SSSR count). The Kier molecular flexibility index (Phi) is 2.99. The minimum absolute atomic E-state index is 0.0977. The topological polar surface area (TPSA) is 62.6 Å². The van der Waals surface area contributed by atoms with Crippen LogP contribution in [0.3, 0.4) is 0 Å². The number of amidine groups is 1. The zero-order valence-electron chi connectivity index (χ0n) is 10.5. The van der Waals surface area contributed by atoms with Crippen LogP contribution >= 0.6 is 11.6 Å². The van der Waals surface area contributed by atoms with Gasteiger partial charge in [0.25, 0.3) is 10.0 Å². The molecule has 0 spiro atoms. The van der Waals surface area contributed by atoms with Gasteiger partial charge >= 0.3 is 0 Å². The van der Waals surface area contributed by atoms with Crippen LogP contribution in [-0.2, 0) is 10.0 Å². The monoisotopic (exact) mass is 307 g/mol. The summed E-state index contributed by atoms with van der Waals surface area (Å²) < 4.78 is 27.9. The van der Waals surface area contributed by atoms with Crippen LogP contribution < -0.4 is 4.90 Å². The van der Waals surface area contributed by atoms with Crippen molar-refractivity contribution in [1.82, 2.24) is 4.98 Å². The van der Waals surface area contributed by atoms with Gasteiger partial charge in [0.2, 0.25) is 0 Å². The molecule has 0 unspecified atom stereocenters. The number of rotatable bonds is 1. The van der Waals surface area contributed by atoms with Gasteiger partial charge in [-0.15, -0.1) is 4.40 Å². The minimum Gasteiger partial charge on any atom is -0.297 e. The number of fused-ring (bicyclic) bond motifs is 1. The Labute approximate surface area is 121 Å².